The van der Waals surface area contributed by atoms with Crippen molar-refractivity contribution in [2.45, 2.75) is 312 Å². The Hall–Kier alpha value is -1.53. The fraction of sp³-hybridized carbons (Fsp3) is 0.912. The van der Waals surface area contributed by atoms with Crippen molar-refractivity contribution in [3.05, 3.63) is 24.3 Å². The molecule has 2 saturated heterocycles. The van der Waals surface area contributed by atoms with Gasteiger partial charge in [0.2, 0.25) is 5.91 Å². The summed E-state index contributed by atoms with van der Waals surface area (Å²) in [6, 6.07) is -0.915. The van der Waals surface area contributed by atoms with Crippen LogP contribution in [0, 0.1) is 0 Å². The Labute approximate surface area is 430 Å². The summed E-state index contributed by atoms with van der Waals surface area (Å²) in [7, 11) is 0. The monoisotopic (exact) mass is 1010 g/mol. The van der Waals surface area contributed by atoms with Gasteiger partial charge in [0.1, 0.15) is 48.8 Å². The molecule has 1 amide bonds. The van der Waals surface area contributed by atoms with E-state index in [1.54, 1.807) is 6.08 Å². The van der Waals surface area contributed by atoms with Crippen molar-refractivity contribution in [2.75, 3.05) is 19.8 Å². The molecule has 0 aromatic heterocycles. The molecule has 0 spiro atoms. The Bertz CT molecular complexity index is 1290. The highest BCUT2D eigenvalue weighted by atomic mass is 16.7. The number of unbranched alkanes of at least 4 members (excludes halogenated alkanes) is 31. The maximum absolute atomic E-state index is 13.1. The predicted octanol–water partition coefficient (Wildman–Crippen LogP) is 9.28. The zero-order chi connectivity index (χ0) is 51.7. The first kappa shape index (κ1) is 65.6. The van der Waals surface area contributed by atoms with Crippen molar-refractivity contribution >= 4 is 5.91 Å². The van der Waals surface area contributed by atoms with E-state index in [0.717, 1.165) is 64.2 Å². The van der Waals surface area contributed by atoms with Gasteiger partial charge < -0.3 is 65.1 Å². The summed E-state index contributed by atoms with van der Waals surface area (Å²) in [5.41, 5.74) is 0. The van der Waals surface area contributed by atoms with Crippen LogP contribution in [0.2, 0.25) is 0 Å². The van der Waals surface area contributed by atoms with E-state index in [4.69, 9.17) is 18.9 Å². The van der Waals surface area contributed by atoms with Gasteiger partial charge in [-0.2, -0.15) is 0 Å². The van der Waals surface area contributed by atoms with Gasteiger partial charge in [0.15, 0.2) is 12.6 Å². The highest BCUT2D eigenvalue weighted by Crippen LogP contribution is 2.30. The average Bonchev–Trinajstić information content (AvgIpc) is 3.37. The number of hydrogen-bond donors (Lipinski definition) is 9. The van der Waals surface area contributed by atoms with E-state index in [-0.39, 0.29) is 18.9 Å². The van der Waals surface area contributed by atoms with Crippen molar-refractivity contribution in [3.63, 3.8) is 0 Å². The molecule has 2 heterocycles. The van der Waals surface area contributed by atoms with Gasteiger partial charge in [-0.25, -0.2) is 0 Å². The second-order valence-electron chi connectivity index (χ2n) is 20.8. The number of carbonyl (C=O) groups excluding carboxylic acids is 1. The third-order valence-electron chi connectivity index (χ3n) is 14.4. The highest BCUT2D eigenvalue weighted by Gasteiger charge is 2.51. The summed E-state index contributed by atoms with van der Waals surface area (Å²) < 4.78 is 22.7. The van der Waals surface area contributed by atoms with Crippen molar-refractivity contribution in [1.29, 1.82) is 0 Å². The molecule has 14 nitrogen and oxygen atoms in total. The van der Waals surface area contributed by atoms with Crippen LogP contribution < -0.4 is 5.32 Å². The third kappa shape index (κ3) is 30.0. The number of ether oxygens (including phenoxy) is 4. The topological polar surface area (TPSA) is 228 Å². The fourth-order valence-electron chi connectivity index (χ4n) is 9.65. The van der Waals surface area contributed by atoms with Crippen LogP contribution in [0.1, 0.15) is 239 Å². The first-order chi connectivity index (χ1) is 34.6. The molecule has 0 aromatic rings. The first-order valence-electron chi connectivity index (χ1n) is 29.1. The summed E-state index contributed by atoms with van der Waals surface area (Å²) in [6.45, 7) is 2.73. The minimum atomic E-state index is -1.79. The molecular formula is C57H107NO13. The van der Waals surface area contributed by atoms with Crippen LogP contribution in [0.25, 0.3) is 0 Å². The molecule has 2 rings (SSSR count). The minimum Gasteiger partial charge on any atom is -0.394 e. The zero-order valence-corrected chi connectivity index (χ0v) is 44.7. The molecule has 0 radical (unpaired) electrons. The molecule has 418 valence electrons. The lowest BCUT2D eigenvalue weighted by molar-refractivity contribution is -0.359. The second-order valence-corrected chi connectivity index (χ2v) is 20.8. The maximum atomic E-state index is 13.1. The van der Waals surface area contributed by atoms with Crippen LogP contribution in [0.15, 0.2) is 24.3 Å². The largest absolute Gasteiger partial charge is 0.394 e. The molecule has 2 aliphatic rings. The zero-order valence-electron chi connectivity index (χ0n) is 44.7. The quantitative estimate of drug-likeness (QED) is 0.0205. The third-order valence-corrected chi connectivity index (χ3v) is 14.4. The molecule has 0 aromatic carbocycles. The standard InChI is InChI=1S/C57H107NO13/c1-3-5-7-9-11-13-15-16-17-18-19-20-21-22-23-24-25-26-27-28-29-30-31-32-34-36-38-40-46(61)45(58-49(62)41-39-37-35-33-14-12-10-8-6-4-2)44-68-56-54(67)52(65)55(48(43-60)70-56)71-57-53(66)51(64)50(63)47(42-59)69-57/h8,10,38,40,45-48,50-57,59-61,63-67H,3-7,9,11-37,39,41-44H2,1-2H3,(H,58,62)/b10-8-,40-38+. The van der Waals surface area contributed by atoms with E-state index in [1.165, 1.54) is 148 Å². The molecule has 0 saturated carbocycles. The van der Waals surface area contributed by atoms with Gasteiger partial charge in [-0.3, -0.25) is 4.79 Å². The van der Waals surface area contributed by atoms with Crippen LogP contribution in [-0.2, 0) is 23.7 Å². The number of allylic oxidation sites excluding steroid dienone is 3. The molecule has 9 N–H and O–H groups in total. The van der Waals surface area contributed by atoms with Gasteiger partial charge in [0.25, 0.3) is 0 Å². The van der Waals surface area contributed by atoms with E-state index >= 15 is 0 Å². The molecule has 12 unspecified atom stereocenters. The van der Waals surface area contributed by atoms with Crippen molar-refractivity contribution in [2.24, 2.45) is 0 Å². The Morgan fingerprint density at radius 3 is 1.39 bits per heavy atom. The number of aliphatic hydroxyl groups is 8. The summed E-state index contributed by atoms with van der Waals surface area (Å²) in [6.07, 6.45) is 33.9. The Balaban J connectivity index is 1.70. The minimum absolute atomic E-state index is 0.250. The van der Waals surface area contributed by atoms with Crippen molar-refractivity contribution in [3.8, 4) is 0 Å². The lowest BCUT2D eigenvalue weighted by Gasteiger charge is -2.46. The highest BCUT2D eigenvalue weighted by molar-refractivity contribution is 5.76. The van der Waals surface area contributed by atoms with Crippen molar-refractivity contribution < 1.29 is 64.6 Å². The van der Waals surface area contributed by atoms with Crippen LogP contribution >= 0.6 is 0 Å². The van der Waals surface area contributed by atoms with Crippen molar-refractivity contribution in [1.82, 2.24) is 5.32 Å². The first-order valence-corrected chi connectivity index (χ1v) is 29.1. The normalized spacial score (nSPS) is 25.9. The number of carbonyl (C=O) groups is 1. The number of nitrogens with one attached hydrogen (secondary N) is 1. The van der Waals surface area contributed by atoms with Crippen LogP contribution in [0.4, 0.5) is 0 Å². The Kier molecular flexibility index (Phi) is 40.4. The second kappa shape index (κ2) is 43.7. The predicted molar refractivity (Wildman–Crippen MR) is 282 cm³/mol. The number of rotatable bonds is 46. The van der Waals surface area contributed by atoms with Gasteiger partial charge in [-0.05, 0) is 38.5 Å². The SMILES string of the molecule is CCC/C=C\CCCCCCCC(=O)NC(COC1OC(CO)C(OC2OC(CO)C(O)C(O)C2O)C(O)C1O)C(O)/C=C/CCCCCCCCCCCCCCCCCCCCCCCCCCC. The van der Waals surface area contributed by atoms with E-state index in [1.807, 2.05) is 6.08 Å². The van der Waals surface area contributed by atoms with E-state index < -0.39 is 86.8 Å². The lowest BCUT2D eigenvalue weighted by Crippen LogP contribution is -2.65. The fourth-order valence-corrected chi connectivity index (χ4v) is 9.65. The number of amides is 1. The van der Waals surface area contributed by atoms with Gasteiger partial charge in [-0.15, -0.1) is 0 Å². The summed E-state index contributed by atoms with van der Waals surface area (Å²) >= 11 is 0. The molecule has 0 bridgehead atoms. The molecular weight excluding hydrogens is 907 g/mol. The van der Waals surface area contributed by atoms with E-state index in [0.29, 0.717) is 6.42 Å². The van der Waals surface area contributed by atoms with E-state index in [9.17, 15) is 45.6 Å². The van der Waals surface area contributed by atoms with Gasteiger partial charge >= 0.3 is 0 Å². The maximum Gasteiger partial charge on any atom is 0.220 e. The van der Waals surface area contributed by atoms with Gasteiger partial charge in [0, 0.05) is 6.42 Å². The Morgan fingerprint density at radius 1 is 0.493 bits per heavy atom. The summed E-state index contributed by atoms with van der Waals surface area (Å²) in [4.78, 5) is 13.1. The molecule has 71 heavy (non-hydrogen) atoms. The van der Waals surface area contributed by atoms with Crippen LogP contribution in [-0.4, -0.2) is 140 Å². The van der Waals surface area contributed by atoms with Crippen LogP contribution in [0.5, 0.6) is 0 Å². The number of aliphatic hydroxyl groups excluding tert-OH is 8. The van der Waals surface area contributed by atoms with E-state index in [2.05, 4.69) is 31.3 Å². The molecule has 14 heteroatoms. The molecule has 12 atom stereocenters. The van der Waals surface area contributed by atoms with Gasteiger partial charge in [-0.1, -0.05) is 218 Å². The van der Waals surface area contributed by atoms with Crippen LogP contribution in [0.3, 0.4) is 0 Å². The number of hydrogen-bond acceptors (Lipinski definition) is 13. The lowest BCUT2D eigenvalue weighted by atomic mass is 9.97. The molecule has 2 fully saturated rings. The smallest absolute Gasteiger partial charge is 0.220 e. The average molecular weight is 1010 g/mol. The summed E-state index contributed by atoms with van der Waals surface area (Å²) in [5, 5.41) is 86.8. The summed E-state index contributed by atoms with van der Waals surface area (Å²) in [5.74, 6) is -0.250. The molecule has 0 aliphatic carbocycles. The Morgan fingerprint density at radius 2 is 0.915 bits per heavy atom. The van der Waals surface area contributed by atoms with Gasteiger partial charge in [0.05, 0.1) is 32.0 Å². The molecule has 2 aliphatic heterocycles.